The zero-order valence-electron chi connectivity index (χ0n) is 14.9. The molecule has 3 nitrogen and oxygen atoms in total. The van der Waals surface area contributed by atoms with Crippen molar-refractivity contribution in [2.45, 2.75) is 71.6 Å². The van der Waals surface area contributed by atoms with Crippen LogP contribution in [0.15, 0.2) is 11.1 Å². The molecule has 0 amide bonds. The molecule has 4 aliphatic carbocycles. The van der Waals surface area contributed by atoms with Crippen molar-refractivity contribution in [1.82, 2.24) is 0 Å². The van der Waals surface area contributed by atoms with Crippen molar-refractivity contribution in [1.29, 1.82) is 0 Å². The zero-order valence-corrected chi connectivity index (χ0v) is 14.9. The van der Waals surface area contributed by atoms with Gasteiger partial charge in [-0.1, -0.05) is 19.4 Å². The highest BCUT2D eigenvalue weighted by molar-refractivity contribution is 5.99. The van der Waals surface area contributed by atoms with Crippen LogP contribution in [0.2, 0.25) is 0 Å². The summed E-state index contributed by atoms with van der Waals surface area (Å²) in [4.78, 5) is 35.9. The number of allylic oxidation sites excluding steroid dienone is 1. The van der Waals surface area contributed by atoms with Gasteiger partial charge in [-0.15, -0.1) is 0 Å². The van der Waals surface area contributed by atoms with Gasteiger partial charge in [-0.25, -0.2) is 0 Å². The van der Waals surface area contributed by atoms with Gasteiger partial charge in [0.2, 0.25) is 0 Å². The number of hydrogen-bond donors (Lipinski definition) is 0. The van der Waals surface area contributed by atoms with Crippen molar-refractivity contribution in [2.24, 2.45) is 28.6 Å². The van der Waals surface area contributed by atoms with Crippen molar-refractivity contribution in [3.63, 3.8) is 0 Å². The van der Waals surface area contributed by atoms with Crippen LogP contribution in [0.1, 0.15) is 71.6 Å². The first kappa shape index (κ1) is 16.2. The second kappa shape index (κ2) is 5.37. The van der Waals surface area contributed by atoms with E-state index in [1.165, 1.54) is 5.57 Å². The highest BCUT2D eigenvalue weighted by Gasteiger charge is 2.59. The lowest BCUT2D eigenvalue weighted by Crippen LogP contribution is -2.51. The van der Waals surface area contributed by atoms with Crippen molar-refractivity contribution in [3.05, 3.63) is 11.1 Å². The first-order chi connectivity index (χ1) is 11.4. The molecule has 0 aliphatic heterocycles. The highest BCUT2D eigenvalue weighted by Crippen LogP contribution is 2.65. The lowest BCUT2D eigenvalue weighted by molar-refractivity contribution is -0.132. The van der Waals surface area contributed by atoms with Crippen LogP contribution in [0, 0.1) is 28.6 Å². The number of Topliss-reactive ketones (excluding diaryl/α,β-unsaturated/α-hetero) is 2. The molecule has 0 radical (unpaired) electrons. The molecule has 0 aromatic rings. The summed E-state index contributed by atoms with van der Waals surface area (Å²) >= 11 is 0. The molecule has 4 aliphatic rings. The molecule has 3 fully saturated rings. The van der Waals surface area contributed by atoms with Gasteiger partial charge in [0, 0.05) is 30.3 Å². The minimum absolute atomic E-state index is 0.0716. The van der Waals surface area contributed by atoms with Gasteiger partial charge in [0.15, 0.2) is 5.78 Å². The van der Waals surface area contributed by atoms with Gasteiger partial charge in [0.25, 0.3) is 0 Å². The van der Waals surface area contributed by atoms with E-state index in [2.05, 4.69) is 13.8 Å². The maximum absolute atomic E-state index is 12.5. The Labute approximate surface area is 144 Å². The van der Waals surface area contributed by atoms with Crippen LogP contribution in [0.4, 0.5) is 0 Å². The summed E-state index contributed by atoms with van der Waals surface area (Å²) in [5, 5.41) is 0. The molecule has 4 rings (SSSR count). The van der Waals surface area contributed by atoms with Crippen LogP contribution in [0.25, 0.3) is 0 Å². The standard InChI is InChI=1S/C21H28O3/c1-20-11-8-18(23)14(9-12-22)16(20)4-3-13-15-5-6-19(24)21(15,2)10-7-17(13)20/h12-13,15,17H,3-11H2,1-2H3/t13-,15-,17+,20-,21-/m0/s1. The van der Waals surface area contributed by atoms with Gasteiger partial charge in [-0.3, -0.25) is 9.59 Å². The molecule has 0 spiro atoms. The van der Waals surface area contributed by atoms with E-state index in [9.17, 15) is 14.4 Å². The van der Waals surface area contributed by atoms with Crippen molar-refractivity contribution >= 4 is 17.9 Å². The van der Waals surface area contributed by atoms with Crippen molar-refractivity contribution < 1.29 is 14.4 Å². The van der Waals surface area contributed by atoms with Crippen LogP contribution < -0.4 is 0 Å². The Morgan fingerprint density at radius 2 is 1.71 bits per heavy atom. The van der Waals surface area contributed by atoms with Gasteiger partial charge in [-0.2, -0.15) is 0 Å². The summed E-state index contributed by atoms with van der Waals surface area (Å²) < 4.78 is 0. The molecule has 0 bridgehead atoms. The second-order valence-corrected chi connectivity index (χ2v) is 9.00. The molecule has 3 saturated carbocycles. The molecule has 0 aromatic carbocycles. The van der Waals surface area contributed by atoms with Crippen LogP contribution in [0.3, 0.4) is 0 Å². The number of ketones is 2. The summed E-state index contributed by atoms with van der Waals surface area (Å²) in [6.07, 6.45) is 8.70. The number of hydrogen-bond acceptors (Lipinski definition) is 3. The Hall–Kier alpha value is -1.25. The largest absolute Gasteiger partial charge is 0.303 e. The number of carbonyl (C=O) groups is 3. The molecule has 3 heteroatoms. The summed E-state index contributed by atoms with van der Waals surface area (Å²) in [5.41, 5.74) is 2.10. The van der Waals surface area contributed by atoms with Gasteiger partial charge in [-0.05, 0) is 61.7 Å². The Bertz CT molecular complexity index is 645. The summed E-state index contributed by atoms with van der Waals surface area (Å²) in [6.45, 7) is 4.55. The SMILES string of the molecule is C[C@]12CCC(=O)C(CC=O)=C1CC[C@@H]1[C@H]2CC[C@]2(C)C(=O)CC[C@@H]12. The third kappa shape index (κ3) is 1.99. The lowest BCUT2D eigenvalue weighted by atomic mass is 9.47. The number of rotatable bonds is 2. The molecular weight excluding hydrogens is 300 g/mol. The Morgan fingerprint density at radius 3 is 2.46 bits per heavy atom. The lowest BCUT2D eigenvalue weighted by Gasteiger charge is -2.57. The molecule has 130 valence electrons. The molecule has 0 heterocycles. The molecule has 0 unspecified atom stereocenters. The normalized spacial score (nSPS) is 44.8. The molecule has 0 saturated heterocycles. The van der Waals surface area contributed by atoms with Crippen LogP contribution in [0.5, 0.6) is 0 Å². The van der Waals surface area contributed by atoms with E-state index in [1.807, 2.05) is 0 Å². The summed E-state index contributed by atoms with van der Waals surface area (Å²) in [5.74, 6) is 2.42. The van der Waals surface area contributed by atoms with Gasteiger partial charge in [0.05, 0.1) is 0 Å². The average molecular weight is 328 g/mol. The van der Waals surface area contributed by atoms with E-state index in [0.29, 0.717) is 36.4 Å². The molecule has 0 N–H and O–H groups in total. The molecule has 5 atom stereocenters. The Morgan fingerprint density at radius 1 is 0.958 bits per heavy atom. The van der Waals surface area contributed by atoms with E-state index < -0.39 is 0 Å². The van der Waals surface area contributed by atoms with Crippen LogP contribution in [-0.4, -0.2) is 17.9 Å². The Balaban J connectivity index is 1.73. The van der Waals surface area contributed by atoms with Crippen molar-refractivity contribution in [3.8, 4) is 0 Å². The first-order valence-corrected chi connectivity index (χ1v) is 9.64. The number of fused-ring (bicyclic) bond motifs is 5. The van der Waals surface area contributed by atoms with E-state index in [-0.39, 0.29) is 16.6 Å². The fourth-order valence-corrected chi connectivity index (χ4v) is 6.92. The van der Waals surface area contributed by atoms with E-state index in [0.717, 1.165) is 56.8 Å². The Kier molecular flexibility index (Phi) is 3.63. The van der Waals surface area contributed by atoms with E-state index in [4.69, 9.17) is 0 Å². The van der Waals surface area contributed by atoms with Gasteiger partial charge < -0.3 is 4.79 Å². The third-order valence-electron chi connectivity index (χ3n) is 8.24. The highest BCUT2D eigenvalue weighted by atomic mass is 16.1. The van der Waals surface area contributed by atoms with Crippen LogP contribution >= 0.6 is 0 Å². The quantitative estimate of drug-likeness (QED) is 0.719. The zero-order chi connectivity index (χ0) is 17.1. The fourth-order valence-electron chi connectivity index (χ4n) is 6.92. The number of carbonyl (C=O) groups excluding carboxylic acids is 3. The average Bonchev–Trinajstić information content (AvgIpc) is 2.86. The van der Waals surface area contributed by atoms with E-state index >= 15 is 0 Å². The maximum Gasteiger partial charge on any atom is 0.159 e. The fraction of sp³-hybridized carbons (Fsp3) is 0.762. The smallest absolute Gasteiger partial charge is 0.159 e. The van der Waals surface area contributed by atoms with Gasteiger partial charge >= 0.3 is 0 Å². The van der Waals surface area contributed by atoms with Gasteiger partial charge in [0.1, 0.15) is 12.1 Å². The number of aldehydes is 1. The molecule has 24 heavy (non-hydrogen) atoms. The minimum atomic E-state index is -0.0884. The predicted molar refractivity (Wildman–Crippen MR) is 91.3 cm³/mol. The van der Waals surface area contributed by atoms with Crippen molar-refractivity contribution in [2.75, 3.05) is 0 Å². The van der Waals surface area contributed by atoms with Crippen LogP contribution in [-0.2, 0) is 14.4 Å². The topological polar surface area (TPSA) is 51.2 Å². The monoisotopic (exact) mass is 328 g/mol. The summed E-state index contributed by atoms with van der Waals surface area (Å²) in [6, 6.07) is 0. The summed E-state index contributed by atoms with van der Waals surface area (Å²) in [7, 11) is 0. The van der Waals surface area contributed by atoms with E-state index in [1.54, 1.807) is 0 Å². The first-order valence-electron chi connectivity index (χ1n) is 9.64. The molecule has 0 aromatic heterocycles. The minimum Gasteiger partial charge on any atom is -0.303 e. The predicted octanol–water partition coefficient (Wildman–Crippen LogP) is 4.05. The second-order valence-electron chi connectivity index (χ2n) is 9.00. The molecular formula is C21H28O3. The maximum atomic E-state index is 12.5. The third-order valence-corrected chi connectivity index (χ3v) is 8.24.